The first-order valence-electron chi connectivity index (χ1n) is 5.46. The van der Waals surface area contributed by atoms with Crippen LogP contribution in [0.5, 0.6) is 5.75 Å². The van der Waals surface area contributed by atoms with Crippen LogP contribution < -0.4 is 4.74 Å². The number of ether oxygens (including phenoxy) is 1. The Morgan fingerprint density at radius 3 is 2.38 bits per heavy atom. The first-order valence-corrected chi connectivity index (χ1v) is 5.46. The third-order valence-electron chi connectivity index (χ3n) is 2.51. The van der Waals surface area contributed by atoms with Crippen LogP contribution in [-0.4, -0.2) is 32.0 Å². The van der Waals surface area contributed by atoms with Gasteiger partial charge in [-0.3, -0.25) is 4.79 Å². The highest BCUT2D eigenvalue weighted by Crippen LogP contribution is 2.13. The fourth-order valence-electron chi connectivity index (χ4n) is 1.46. The molecule has 0 heterocycles. The molecule has 0 saturated carbocycles. The summed E-state index contributed by atoms with van der Waals surface area (Å²) in [6, 6.07) is 7.98. The standard InChI is InChI=1S/C13H19NO2/c1-14(2)13(15)6-4-5-11-7-9-12(16-3)10-8-11/h7-10H,4-6H2,1-3H3. The molecule has 1 aromatic rings. The van der Waals surface area contributed by atoms with Crippen molar-refractivity contribution in [3.05, 3.63) is 29.8 Å². The summed E-state index contributed by atoms with van der Waals surface area (Å²) in [5.74, 6) is 1.06. The molecule has 0 aliphatic carbocycles. The van der Waals surface area contributed by atoms with E-state index in [4.69, 9.17) is 4.74 Å². The minimum atomic E-state index is 0.188. The average Bonchev–Trinajstić information content (AvgIpc) is 2.29. The van der Waals surface area contributed by atoms with Crippen molar-refractivity contribution in [3.8, 4) is 5.75 Å². The quantitative estimate of drug-likeness (QED) is 0.762. The maximum absolute atomic E-state index is 11.3. The Labute approximate surface area is 97.0 Å². The highest BCUT2D eigenvalue weighted by atomic mass is 16.5. The summed E-state index contributed by atoms with van der Waals surface area (Å²) in [6.45, 7) is 0. The molecule has 0 N–H and O–H groups in total. The summed E-state index contributed by atoms with van der Waals surface area (Å²) >= 11 is 0. The Balaban J connectivity index is 2.34. The van der Waals surface area contributed by atoms with Crippen LogP contribution in [0.15, 0.2) is 24.3 Å². The van der Waals surface area contributed by atoms with Crippen molar-refractivity contribution in [2.24, 2.45) is 0 Å². The second kappa shape index (κ2) is 6.16. The van der Waals surface area contributed by atoms with Gasteiger partial charge in [-0.2, -0.15) is 0 Å². The van der Waals surface area contributed by atoms with Gasteiger partial charge in [-0.15, -0.1) is 0 Å². The minimum Gasteiger partial charge on any atom is -0.497 e. The van der Waals surface area contributed by atoms with Gasteiger partial charge in [0.25, 0.3) is 0 Å². The van der Waals surface area contributed by atoms with Gasteiger partial charge >= 0.3 is 0 Å². The predicted octanol–water partition coefficient (Wildman–Crippen LogP) is 2.11. The number of carbonyl (C=O) groups excluding carboxylic acids is 1. The van der Waals surface area contributed by atoms with Crippen molar-refractivity contribution < 1.29 is 9.53 Å². The van der Waals surface area contributed by atoms with E-state index in [1.807, 2.05) is 24.3 Å². The first kappa shape index (κ1) is 12.6. The van der Waals surface area contributed by atoms with E-state index in [1.54, 1.807) is 26.1 Å². The van der Waals surface area contributed by atoms with Crippen LogP contribution in [0.25, 0.3) is 0 Å². The summed E-state index contributed by atoms with van der Waals surface area (Å²) in [6.07, 6.45) is 2.44. The highest BCUT2D eigenvalue weighted by Gasteiger charge is 2.03. The van der Waals surface area contributed by atoms with Gasteiger partial charge in [0.2, 0.25) is 5.91 Å². The molecular formula is C13H19NO2. The fraction of sp³-hybridized carbons (Fsp3) is 0.462. The van der Waals surface area contributed by atoms with Gasteiger partial charge in [0.05, 0.1) is 7.11 Å². The Morgan fingerprint density at radius 2 is 1.88 bits per heavy atom. The van der Waals surface area contributed by atoms with E-state index in [2.05, 4.69) is 0 Å². The van der Waals surface area contributed by atoms with Crippen LogP contribution in [0.1, 0.15) is 18.4 Å². The molecule has 1 amide bonds. The molecule has 3 nitrogen and oxygen atoms in total. The summed E-state index contributed by atoms with van der Waals surface area (Å²) in [7, 11) is 5.23. The average molecular weight is 221 g/mol. The zero-order valence-corrected chi connectivity index (χ0v) is 10.2. The SMILES string of the molecule is COc1ccc(CCCC(=O)N(C)C)cc1. The van der Waals surface area contributed by atoms with Gasteiger partial charge in [-0.25, -0.2) is 0 Å². The smallest absolute Gasteiger partial charge is 0.222 e. The van der Waals surface area contributed by atoms with Crippen molar-refractivity contribution in [3.63, 3.8) is 0 Å². The molecule has 0 aliphatic heterocycles. The lowest BCUT2D eigenvalue weighted by molar-refractivity contribution is -0.128. The van der Waals surface area contributed by atoms with Crippen LogP contribution in [0.2, 0.25) is 0 Å². The summed E-state index contributed by atoms with van der Waals surface area (Å²) in [4.78, 5) is 13.0. The molecular weight excluding hydrogens is 202 g/mol. The number of nitrogens with zero attached hydrogens (tertiary/aromatic N) is 1. The number of aryl methyl sites for hydroxylation is 1. The van der Waals surface area contributed by atoms with Gasteiger partial charge in [0.15, 0.2) is 0 Å². The number of hydrogen-bond acceptors (Lipinski definition) is 2. The van der Waals surface area contributed by atoms with Gasteiger partial charge in [-0.05, 0) is 30.5 Å². The predicted molar refractivity (Wildman–Crippen MR) is 64.6 cm³/mol. The van der Waals surface area contributed by atoms with Crippen LogP contribution in [0.4, 0.5) is 0 Å². The van der Waals surface area contributed by atoms with E-state index in [0.29, 0.717) is 6.42 Å². The molecule has 88 valence electrons. The maximum Gasteiger partial charge on any atom is 0.222 e. The molecule has 3 heteroatoms. The number of carbonyl (C=O) groups is 1. The molecule has 0 radical (unpaired) electrons. The molecule has 0 unspecified atom stereocenters. The summed E-state index contributed by atoms with van der Waals surface area (Å²) in [5.41, 5.74) is 1.24. The normalized spacial score (nSPS) is 9.94. The molecule has 0 bridgehead atoms. The molecule has 0 saturated heterocycles. The largest absolute Gasteiger partial charge is 0.497 e. The van der Waals surface area contributed by atoms with Crippen molar-refractivity contribution >= 4 is 5.91 Å². The lowest BCUT2D eigenvalue weighted by atomic mass is 10.1. The molecule has 1 rings (SSSR count). The van der Waals surface area contributed by atoms with Gasteiger partial charge in [0.1, 0.15) is 5.75 Å². The number of methoxy groups -OCH3 is 1. The van der Waals surface area contributed by atoms with Gasteiger partial charge in [0, 0.05) is 20.5 Å². The third-order valence-corrected chi connectivity index (χ3v) is 2.51. The van der Waals surface area contributed by atoms with E-state index in [9.17, 15) is 4.79 Å². The van der Waals surface area contributed by atoms with Crippen molar-refractivity contribution in [2.45, 2.75) is 19.3 Å². The van der Waals surface area contributed by atoms with E-state index in [0.717, 1.165) is 18.6 Å². The number of hydrogen-bond donors (Lipinski definition) is 0. The molecule has 16 heavy (non-hydrogen) atoms. The van der Waals surface area contributed by atoms with Crippen molar-refractivity contribution in [2.75, 3.05) is 21.2 Å². The van der Waals surface area contributed by atoms with Crippen molar-refractivity contribution in [1.29, 1.82) is 0 Å². The Hall–Kier alpha value is -1.51. The monoisotopic (exact) mass is 221 g/mol. The minimum absolute atomic E-state index is 0.188. The van der Waals surface area contributed by atoms with Crippen LogP contribution in [0.3, 0.4) is 0 Å². The van der Waals surface area contributed by atoms with Crippen LogP contribution in [0, 0.1) is 0 Å². The Kier molecular flexibility index (Phi) is 4.83. The number of amides is 1. The van der Waals surface area contributed by atoms with Gasteiger partial charge in [-0.1, -0.05) is 12.1 Å². The maximum atomic E-state index is 11.3. The zero-order chi connectivity index (χ0) is 12.0. The lowest BCUT2D eigenvalue weighted by Crippen LogP contribution is -2.21. The molecule has 0 atom stereocenters. The first-order chi connectivity index (χ1) is 7.63. The van der Waals surface area contributed by atoms with E-state index >= 15 is 0 Å². The number of rotatable bonds is 5. The highest BCUT2D eigenvalue weighted by molar-refractivity contribution is 5.75. The molecule has 0 aliphatic rings. The molecule has 0 spiro atoms. The Morgan fingerprint density at radius 1 is 1.25 bits per heavy atom. The topological polar surface area (TPSA) is 29.5 Å². The fourth-order valence-corrected chi connectivity index (χ4v) is 1.46. The van der Waals surface area contributed by atoms with Crippen molar-refractivity contribution in [1.82, 2.24) is 4.90 Å². The second-order valence-corrected chi connectivity index (χ2v) is 3.99. The van der Waals surface area contributed by atoms with E-state index in [1.165, 1.54) is 5.56 Å². The van der Waals surface area contributed by atoms with Crippen LogP contribution in [-0.2, 0) is 11.2 Å². The summed E-state index contributed by atoms with van der Waals surface area (Å²) in [5, 5.41) is 0. The number of benzene rings is 1. The second-order valence-electron chi connectivity index (χ2n) is 3.99. The van der Waals surface area contributed by atoms with Gasteiger partial charge < -0.3 is 9.64 Å². The molecule has 1 aromatic carbocycles. The van der Waals surface area contributed by atoms with Crippen LogP contribution >= 0.6 is 0 Å². The van der Waals surface area contributed by atoms with E-state index in [-0.39, 0.29) is 5.91 Å². The lowest BCUT2D eigenvalue weighted by Gasteiger charge is -2.09. The van der Waals surface area contributed by atoms with E-state index < -0.39 is 0 Å². The Bertz CT molecular complexity index is 330. The zero-order valence-electron chi connectivity index (χ0n) is 10.2. The molecule has 0 aromatic heterocycles. The molecule has 0 fully saturated rings. The third kappa shape index (κ3) is 3.93. The summed E-state index contributed by atoms with van der Waals surface area (Å²) < 4.78 is 5.08.